The smallest absolute Gasteiger partial charge is 0.337 e. The Balaban J connectivity index is 2.64. The predicted molar refractivity (Wildman–Crippen MR) is 48.8 cm³/mol. The highest BCUT2D eigenvalue weighted by atomic mass is 16.4. The molecule has 0 saturated heterocycles. The van der Waals surface area contributed by atoms with Crippen LogP contribution in [0, 0.1) is 0 Å². The van der Waals surface area contributed by atoms with Gasteiger partial charge >= 0.3 is 5.97 Å². The molecule has 0 aliphatic carbocycles. The van der Waals surface area contributed by atoms with Crippen molar-refractivity contribution in [1.29, 1.82) is 0 Å². The fraction of sp³-hybridized carbons (Fsp3) is 0.333. The lowest BCUT2D eigenvalue weighted by Gasteiger charge is -1.99. The van der Waals surface area contributed by atoms with E-state index >= 15 is 0 Å². The summed E-state index contributed by atoms with van der Waals surface area (Å²) in [5, 5.41) is 11.6. The molecule has 0 unspecified atom stereocenters. The van der Waals surface area contributed by atoms with Gasteiger partial charge in [-0.3, -0.25) is 4.98 Å². The van der Waals surface area contributed by atoms with Crippen LogP contribution in [-0.4, -0.2) is 29.7 Å². The van der Waals surface area contributed by atoms with Gasteiger partial charge in [0.1, 0.15) is 0 Å². The molecule has 4 heteroatoms. The number of pyridine rings is 1. The monoisotopic (exact) mass is 180 g/mol. The van der Waals surface area contributed by atoms with Gasteiger partial charge in [0, 0.05) is 24.9 Å². The minimum Gasteiger partial charge on any atom is -0.478 e. The van der Waals surface area contributed by atoms with Crippen molar-refractivity contribution in [3.05, 3.63) is 29.6 Å². The molecule has 0 bridgehead atoms. The van der Waals surface area contributed by atoms with E-state index in [2.05, 4.69) is 10.3 Å². The molecule has 0 aliphatic heterocycles. The molecule has 70 valence electrons. The summed E-state index contributed by atoms with van der Waals surface area (Å²) in [5.41, 5.74) is 1.13. The molecule has 1 heterocycles. The van der Waals surface area contributed by atoms with Crippen LogP contribution in [0.5, 0.6) is 0 Å². The molecule has 0 spiro atoms. The predicted octanol–water partition coefficient (Wildman–Crippen LogP) is 0.542. The van der Waals surface area contributed by atoms with E-state index in [9.17, 15) is 4.79 Å². The Morgan fingerprint density at radius 2 is 2.38 bits per heavy atom. The van der Waals surface area contributed by atoms with E-state index in [4.69, 9.17) is 5.11 Å². The number of carboxylic acids is 1. The van der Waals surface area contributed by atoms with Crippen LogP contribution in [0.2, 0.25) is 0 Å². The summed E-state index contributed by atoms with van der Waals surface area (Å²) in [4.78, 5) is 14.5. The molecule has 1 rings (SSSR count). The third kappa shape index (κ3) is 2.83. The number of nitrogens with one attached hydrogen (secondary N) is 1. The molecule has 4 nitrogen and oxygen atoms in total. The molecule has 1 aromatic rings. The Morgan fingerprint density at radius 3 is 2.85 bits per heavy atom. The number of hydrogen-bond donors (Lipinski definition) is 2. The van der Waals surface area contributed by atoms with Crippen molar-refractivity contribution in [2.24, 2.45) is 0 Å². The lowest BCUT2D eigenvalue weighted by Crippen LogP contribution is -2.11. The van der Waals surface area contributed by atoms with Crippen LogP contribution in [0.25, 0.3) is 0 Å². The summed E-state index contributed by atoms with van der Waals surface area (Å²) in [5.74, 6) is -0.937. The average molecular weight is 180 g/mol. The second-order valence-corrected chi connectivity index (χ2v) is 2.70. The number of rotatable bonds is 4. The van der Waals surface area contributed by atoms with Crippen LogP contribution in [0.4, 0.5) is 0 Å². The second-order valence-electron chi connectivity index (χ2n) is 2.70. The molecule has 13 heavy (non-hydrogen) atoms. The van der Waals surface area contributed by atoms with Gasteiger partial charge in [-0.1, -0.05) is 0 Å². The van der Waals surface area contributed by atoms with Gasteiger partial charge in [0.05, 0.1) is 5.56 Å². The second kappa shape index (κ2) is 4.57. The van der Waals surface area contributed by atoms with Gasteiger partial charge in [-0.2, -0.15) is 0 Å². The minimum absolute atomic E-state index is 0.230. The number of nitrogens with zero attached hydrogens (tertiary/aromatic N) is 1. The van der Waals surface area contributed by atoms with E-state index in [1.165, 1.54) is 6.20 Å². The van der Waals surface area contributed by atoms with Gasteiger partial charge in [0.15, 0.2) is 0 Å². The highest BCUT2D eigenvalue weighted by Gasteiger charge is 2.01. The quantitative estimate of drug-likeness (QED) is 0.710. The van der Waals surface area contributed by atoms with Crippen LogP contribution >= 0.6 is 0 Å². The normalized spacial score (nSPS) is 9.92. The van der Waals surface area contributed by atoms with Crippen LogP contribution < -0.4 is 5.32 Å². The van der Waals surface area contributed by atoms with Crippen molar-refractivity contribution in [3.8, 4) is 0 Å². The zero-order valence-electron chi connectivity index (χ0n) is 7.45. The maximum Gasteiger partial charge on any atom is 0.337 e. The summed E-state index contributed by atoms with van der Waals surface area (Å²) < 4.78 is 0. The number of hydrogen-bond acceptors (Lipinski definition) is 3. The van der Waals surface area contributed by atoms with Gasteiger partial charge in [-0.05, 0) is 19.2 Å². The molecular formula is C9H12N2O2. The molecule has 0 amide bonds. The first-order valence-electron chi connectivity index (χ1n) is 4.07. The zero-order valence-corrected chi connectivity index (χ0v) is 7.45. The maximum absolute atomic E-state index is 10.5. The molecule has 0 aliphatic rings. The molecule has 0 fully saturated rings. The van der Waals surface area contributed by atoms with E-state index in [0.29, 0.717) is 0 Å². The van der Waals surface area contributed by atoms with Crippen molar-refractivity contribution < 1.29 is 9.90 Å². The van der Waals surface area contributed by atoms with E-state index in [0.717, 1.165) is 18.7 Å². The first-order valence-corrected chi connectivity index (χ1v) is 4.07. The maximum atomic E-state index is 10.5. The van der Waals surface area contributed by atoms with Gasteiger partial charge < -0.3 is 10.4 Å². The summed E-state index contributed by atoms with van der Waals surface area (Å²) in [6, 6.07) is 3.31. The van der Waals surface area contributed by atoms with E-state index < -0.39 is 5.97 Å². The van der Waals surface area contributed by atoms with Crippen molar-refractivity contribution >= 4 is 5.97 Å². The first kappa shape index (κ1) is 9.67. The Bertz CT molecular complexity index is 282. The highest BCUT2D eigenvalue weighted by Crippen LogP contribution is 2.00. The van der Waals surface area contributed by atoms with Crippen molar-refractivity contribution in [2.75, 3.05) is 13.6 Å². The Kier molecular flexibility index (Phi) is 3.40. The molecular weight excluding hydrogens is 168 g/mol. The highest BCUT2D eigenvalue weighted by molar-refractivity contribution is 5.87. The van der Waals surface area contributed by atoms with Gasteiger partial charge in [-0.15, -0.1) is 0 Å². The fourth-order valence-electron chi connectivity index (χ4n) is 0.952. The molecule has 0 radical (unpaired) electrons. The average Bonchev–Trinajstić information content (AvgIpc) is 2.15. The van der Waals surface area contributed by atoms with Crippen LogP contribution in [-0.2, 0) is 6.42 Å². The van der Waals surface area contributed by atoms with E-state index in [1.807, 2.05) is 7.05 Å². The molecule has 0 atom stereocenters. The minimum atomic E-state index is -0.937. The SMILES string of the molecule is CNCCc1ccc(C(=O)O)cn1. The fourth-order valence-corrected chi connectivity index (χ4v) is 0.952. The number of carboxylic acid groups (broad SMARTS) is 1. The summed E-state index contributed by atoms with van der Waals surface area (Å²) in [7, 11) is 1.87. The topological polar surface area (TPSA) is 62.2 Å². The summed E-state index contributed by atoms with van der Waals surface area (Å²) in [6.07, 6.45) is 2.20. The van der Waals surface area contributed by atoms with Crippen LogP contribution in [0.3, 0.4) is 0 Å². The Hall–Kier alpha value is -1.42. The molecule has 0 aromatic carbocycles. The molecule has 1 aromatic heterocycles. The lowest BCUT2D eigenvalue weighted by atomic mass is 10.2. The van der Waals surface area contributed by atoms with Gasteiger partial charge in [0.25, 0.3) is 0 Å². The number of aromatic nitrogens is 1. The van der Waals surface area contributed by atoms with Crippen molar-refractivity contribution in [1.82, 2.24) is 10.3 Å². The largest absolute Gasteiger partial charge is 0.478 e. The molecule has 0 saturated carbocycles. The van der Waals surface area contributed by atoms with E-state index in [1.54, 1.807) is 12.1 Å². The van der Waals surface area contributed by atoms with Crippen molar-refractivity contribution in [2.45, 2.75) is 6.42 Å². The van der Waals surface area contributed by atoms with Gasteiger partial charge in [0.2, 0.25) is 0 Å². The van der Waals surface area contributed by atoms with Crippen LogP contribution in [0.1, 0.15) is 16.1 Å². The standard InChI is InChI=1S/C9H12N2O2/c1-10-5-4-8-3-2-7(6-11-8)9(12)13/h2-3,6,10H,4-5H2,1H3,(H,12,13). The lowest BCUT2D eigenvalue weighted by molar-refractivity contribution is 0.0696. The first-order chi connectivity index (χ1) is 6.24. The number of aromatic carboxylic acids is 1. The van der Waals surface area contributed by atoms with Crippen LogP contribution in [0.15, 0.2) is 18.3 Å². The summed E-state index contributed by atoms with van der Waals surface area (Å²) in [6.45, 7) is 0.847. The van der Waals surface area contributed by atoms with Gasteiger partial charge in [-0.25, -0.2) is 4.79 Å². The number of carbonyl (C=O) groups is 1. The van der Waals surface area contributed by atoms with Crippen molar-refractivity contribution in [3.63, 3.8) is 0 Å². The zero-order chi connectivity index (χ0) is 9.68. The Labute approximate surface area is 76.6 Å². The summed E-state index contributed by atoms with van der Waals surface area (Å²) >= 11 is 0. The third-order valence-corrected chi connectivity index (χ3v) is 1.70. The molecule has 2 N–H and O–H groups in total. The third-order valence-electron chi connectivity index (χ3n) is 1.70. The number of likely N-dealkylation sites (N-methyl/N-ethyl adjacent to an activating group) is 1. The van der Waals surface area contributed by atoms with E-state index in [-0.39, 0.29) is 5.56 Å². The Morgan fingerprint density at radius 1 is 1.62 bits per heavy atom.